The van der Waals surface area contributed by atoms with Crippen molar-refractivity contribution in [2.75, 3.05) is 27.3 Å². The molecule has 1 fully saturated rings. The van der Waals surface area contributed by atoms with Crippen molar-refractivity contribution in [1.82, 2.24) is 9.79 Å². The molecule has 7 heteroatoms. The van der Waals surface area contributed by atoms with Crippen LogP contribution in [0.3, 0.4) is 0 Å². The molecular formula is C19H24N2O4S. The highest BCUT2D eigenvalue weighted by Crippen LogP contribution is 2.34. The number of ether oxygens (including phenoxy) is 1. The van der Waals surface area contributed by atoms with Crippen molar-refractivity contribution in [3.63, 3.8) is 0 Å². The molecule has 1 N–H and O–H groups in total. The summed E-state index contributed by atoms with van der Waals surface area (Å²) in [4.78, 5) is 5.53. The molecule has 6 nitrogen and oxygen atoms in total. The summed E-state index contributed by atoms with van der Waals surface area (Å²) in [5, 5.41) is 0.922. The van der Waals surface area contributed by atoms with Gasteiger partial charge < -0.3 is 4.74 Å². The van der Waals surface area contributed by atoms with Crippen molar-refractivity contribution in [3.8, 4) is 5.75 Å². The fourth-order valence-electron chi connectivity index (χ4n) is 3.20. The lowest BCUT2D eigenvalue weighted by atomic mass is 10.0. The summed E-state index contributed by atoms with van der Waals surface area (Å²) in [6.45, 7) is 0.483. The highest BCUT2D eigenvalue weighted by Gasteiger charge is 2.43. The molecule has 2 aromatic rings. The maximum Gasteiger partial charge on any atom is 0.218 e. The van der Waals surface area contributed by atoms with E-state index in [4.69, 9.17) is 9.57 Å². The van der Waals surface area contributed by atoms with Gasteiger partial charge in [0.1, 0.15) is 11.0 Å². The molecule has 140 valence electrons. The predicted molar refractivity (Wildman–Crippen MR) is 100 cm³/mol. The SMILES string of the molecule is COc1cccc(C2C(S(=O)(=O)NCCc3ccccc3)CON2C)c1. The maximum atomic E-state index is 12.9. The van der Waals surface area contributed by atoms with E-state index in [9.17, 15) is 8.42 Å². The van der Waals surface area contributed by atoms with Crippen LogP contribution in [0.1, 0.15) is 17.2 Å². The summed E-state index contributed by atoms with van der Waals surface area (Å²) in [5.41, 5.74) is 1.95. The van der Waals surface area contributed by atoms with Gasteiger partial charge in [0, 0.05) is 13.6 Å². The van der Waals surface area contributed by atoms with Gasteiger partial charge in [-0.05, 0) is 29.7 Å². The molecule has 3 rings (SSSR count). The highest BCUT2D eigenvalue weighted by atomic mass is 32.2. The number of hydrogen-bond donors (Lipinski definition) is 1. The first-order valence-electron chi connectivity index (χ1n) is 8.53. The Hall–Kier alpha value is -1.93. The minimum absolute atomic E-state index is 0.124. The lowest BCUT2D eigenvalue weighted by Crippen LogP contribution is -2.40. The highest BCUT2D eigenvalue weighted by molar-refractivity contribution is 7.90. The Balaban J connectivity index is 1.72. The van der Waals surface area contributed by atoms with Gasteiger partial charge in [0.25, 0.3) is 0 Å². The minimum Gasteiger partial charge on any atom is -0.497 e. The normalized spacial score (nSPS) is 21.0. The van der Waals surface area contributed by atoms with E-state index in [1.54, 1.807) is 19.2 Å². The number of sulfonamides is 1. The second-order valence-corrected chi connectivity index (χ2v) is 8.26. The van der Waals surface area contributed by atoms with E-state index < -0.39 is 15.3 Å². The maximum absolute atomic E-state index is 12.9. The van der Waals surface area contributed by atoms with Gasteiger partial charge in [0.2, 0.25) is 10.0 Å². The molecule has 1 saturated heterocycles. The molecule has 0 aromatic heterocycles. The Morgan fingerprint density at radius 1 is 1.19 bits per heavy atom. The van der Waals surface area contributed by atoms with Crippen molar-refractivity contribution >= 4 is 10.0 Å². The summed E-state index contributed by atoms with van der Waals surface area (Å²) >= 11 is 0. The number of methoxy groups -OCH3 is 1. The first-order valence-corrected chi connectivity index (χ1v) is 10.1. The van der Waals surface area contributed by atoms with Crippen LogP contribution in [0.15, 0.2) is 54.6 Å². The number of nitrogens with zero attached hydrogens (tertiary/aromatic N) is 1. The average molecular weight is 376 g/mol. The topological polar surface area (TPSA) is 67.9 Å². The van der Waals surface area contributed by atoms with E-state index in [1.807, 2.05) is 54.6 Å². The zero-order chi connectivity index (χ0) is 18.6. The standard InChI is InChI=1S/C19H24N2O4S/c1-21-19(16-9-6-10-17(13-16)24-2)18(14-25-21)26(22,23)20-12-11-15-7-4-3-5-8-15/h3-10,13,18-20H,11-12,14H2,1-2H3. The van der Waals surface area contributed by atoms with Crippen molar-refractivity contribution in [2.24, 2.45) is 0 Å². The van der Waals surface area contributed by atoms with Crippen molar-refractivity contribution in [3.05, 3.63) is 65.7 Å². The van der Waals surface area contributed by atoms with Crippen LogP contribution in [0.25, 0.3) is 0 Å². The number of benzene rings is 2. The molecule has 2 aromatic carbocycles. The van der Waals surface area contributed by atoms with Crippen LogP contribution in [0.5, 0.6) is 5.75 Å². The molecule has 1 heterocycles. The zero-order valence-electron chi connectivity index (χ0n) is 15.0. The van der Waals surface area contributed by atoms with Gasteiger partial charge in [-0.25, -0.2) is 13.1 Å². The minimum atomic E-state index is -3.54. The lowest BCUT2D eigenvalue weighted by Gasteiger charge is -2.23. The van der Waals surface area contributed by atoms with E-state index in [2.05, 4.69) is 4.72 Å². The van der Waals surface area contributed by atoms with Crippen LogP contribution >= 0.6 is 0 Å². The number of hydrogen-bond acceptors (Lipinski definition) is 5. The van der Waals surface area contributed by atoms with Crippen LogP contribution < -0.4 is 9.46 Å². The Morgan fingerprint density at radius 3 is 2.69 bits per heavy atom. The summed E-state index contributed by atoms with van der Waals surface area (Å²) in [7, 11) is -0.193. The molecule has 0 bridgehead atoms. The fourth-order valence-corrected chi connectivity index (χ4v) is 4.70. The van der Waals surface area contributed by atoms with Gasteiger partial charge in [-0.2, -0.15) is 5.06 Å². The quantitative estimate of drug-likeness (QED) is 0.802. The Morgan fingerprint density at radius 2 is 1.96 bits per heavy atom. The van der Waals surface area contributed by atoms with Gasteiger partial charge in [0.15, 0.2) is 0 Å². The van der Waals surface area contributed by atoms with Crippen molar-refractivity contribution < 1.29 is 18.0 Å². The summed E-state index contributed by atoms with van der Waals surface area (Å²) in [5.74, 6) is 0.691. The van der Waals surface area contributed by atoms with E-state index in [1.165, 1.54) is 0 Å². The van der Waals surface area contributed by atoms with Gasteiger partial charge >= 0.3 is 0 Å². The van der Waals surface area contributed by atoms with Crippen LogP contribution in [-0.2, 0) is 21.3 Å². The van der Waals surface area contributed by atoms with Crippen LogP contribution in [0, 0.1) is 0 Å². The van der Waals surface area contributed by atoms with E-state index in [0.717, 1.165) is 11.1 Å². The molecule has 0 saturated carbocycles. The average Bonchev–Trinajstić information content (AvgIpc) is 3.05. The van der Waals surface area contributed by atoms with E-state index in [0.29, 0.717) is 18.7 Å². The molecule has 0 radical (unpaired) electrons. The van der Waals surface area contributed by atoms with Gasteiger partial charge in [-0.3, -0.25) is 4.84 Å². The van der Waals surface area contributed by atoms with E-state index in [-0.39, 0.29) is 12.6 Å². The molecule has 26 heavy (non-hydrogen) atoms. The number of nitrogens with one attached hydrogen (secondary N) is 1. The first kappa shape index (κ1) is 18.8. The molecule has 0 amide bonds. The van der Waals surface area contributed by atoms with Gasteiger partial charge in [-0.1, -0.05) is 42.5 Å². The lowest BCUT2D eigenvalue weighted by molar-refractivity contribution is -0.110. The molecule has 0 aliphatic carbocycles. The van der Waals surface area contributed by atoms with Crippen LogP contribution in [-0.4, -0.2) is 46.0 Å². The molecule has 2 unspecified atom stereocenters. The summed E-state index contributed by atoms with van der Waals surface area (Å²) in [6, 6.07) is 16.9. The van der Waals surface area contributed by atoms with Crippen molar-refractivity contribution in [2.45, 2.75) is 17.7 Å². The molecule has 2 atom stereocenters. The summed E-state index contributed by atoms with van der Waals surface area (Å²) in [6.07, 6.45) is 0.646. The first-order chi connectivity index (χ1) is 12.5. The fraction of sp³-hybridized carbons (Fsp3) is 0.368. The van der Waals surface area contributed by atoms with Crippen LogP contribution in [0.4, 0.5) is 0 Å². The number of rotatable bonds is 7. The van der Waals surface area contributed by atoms with Gasteiger partial charge in [0.05, 0.1) is 19.8 Å². The Kier molecular flexibility index (Phi) is 5.93. The van der Waals surface area contributed by atoms with Crippen LogP contribution in [0.2, 0.25) is 0 Å². The second-order valence-electron chi connectivity index (χ2n) is 6.28. The molecule has 1 aliphatic rings. The Bertz CT molecular complexity index is 826. The van der Waals surface area contributed by atoms with E-state index >= 15 is 0 Å². The van der Waals surface area contributed by atoms with Crippen molar-refractivity contribution in [1.29, 1.82) is 0 Å². The smallest absolute Gasteiger partial charge is 0.218 e. The monoisotopic (exact) mass is 376 g/mol. The third-order valence-electron chi connectivity index (χ3n) is 4.58. The molecule has 1 aliphatic heterocycles. The largest absolute Gasteiger partial charge is 0.497 e. The third-order valence-corrected chi connectivity index (χ3v) is 6.38. The summed E-state index contributed by atoms with van der Waals surface area (Å²) < 4.78 is 33.7. The predicted octanol–water partition coefficient (Wildman–Crippen LogP) is 2.14. The van der Waals surface area contributed by atoms with Gasteiger partial charge in [-0.15, -0.1) is 0 Å². The zero-order valence-corrected chi connectivity index (χ0v) is 15.8. The second kappa shape index (κ2) is 8.18. The molecular weight excluding hydrogens is 352 g/mol. The molecule has 0 spiro atoms. The Labute approximate surface area is 154 Å². The third kappa shape index (κ3) is 4.24. The number of hydroxylamine groups is 2.